The van der Waals surface area contributed by atoms with E-state index in [1.54, 1.807) is 0 Å². The van der Waals surface area contributed by atoms with Crippen molar-refractivity contribution in [3.8, 4) is 5.88 Å². The van der Waals surface area contributed by atoms with E-state index in [9.17, 15) is 4.79 Å². The van der Waals surface area contributed by atoms with E-state index >= 15 is 0 Å². The van der Waals surface area contributed by atoms with Gasteiger partial charge in [-0.1, -0.05) is 5.16 Å². The molecule has 1 aliphatic carbocycles. The van der Waals surface area contributed by atoms with Crippen molar-refractivity contribution in [2.75, 3.05) is 12.4 Å². The first-order valence-corrected chi connectivity index (χ1v) is 6.07. The van der Waals surface area contributed by atoms with Crippen LogP contribution in [0.5, 0.6) is 5.88 Å². The molecule has 7 heteroatoms. The first-order chi connectivity index (χ1) is 9.28. The molecule has 0 atom stereocenters. The predicted octanol–water partition coefficient (Wildman–Crippen LogP) is 1.80. The Labute approximate surface area is 108 Å². The summed E-state index contributed by atoms with van der Waals surface area (Å²) in [6.07, 6.45) is 3.94. The van der Waals surface area contributed by atoms with Crippen molar-refractivity contribution in [3.05, 3.63) is 23.1 Å². The molecule has 0 saturated heterocycles. The summed E-state index contributed by atoms with van der Waals surface area (Å²) in [7, 11) is 1.45. The zero-order chi connectivity index (χ0) is 13.2. The molecule has 1 N–H and O–H groups in total. The average molecular weight is 263 g/mol. The number of methoxy groups -OCH3 is 1. The van der Waals surface area contributed by atoms with Crippen LogP contribution in [0, 0.1) is 0 Å². The van der Waals surface area contributed by atoms with Crippen LogP contribution in [0.3, 0.4) is 0 Å². The summed E-state index contributed by atoms with van der Waals surface area (Å²) in [4.78, 5) is 11.9. The summed E-state index contributed by atoms with van der Waals surface area (Å²) >= 11 is 0. The number of fused-ring (bicyclic) bond motifs is 1. The number of carbonyl (C=O) groups is 1. The molecule has 19 heavy (non-hydrogen) atoms. The van der Waals surface area contributed by atoms with Gasteiger partial charge in [-0.2, -0.15) is 0 Å². The minimum absolute atomic E-state index is 0.0674. The van der Waals surface area contributed by atoms with Gasteiger partial charge in [-0.15, -0.1) is 0 Å². The number of nitrogens with zero attached hydrogens (tertiary/aromatic N) is 2. The lowest BCUT2D eigenvalue weighted by Gasteiger charge is -2.08. The van der Waals surface area contributed by atoms with Crippen LogP contribution >= 0.6 is 0 Å². The molecule has 0 unspecified atom stereocenters. The van der Waals surface area contributed by atoms with Crippen LogP contribution < -0.4 is 10.1 Å². The van der Waals surface area contributed by atoms with Gasteiger partial charge in [0.15, 0.2) is 0 Å². The van der Waals surface area contributed by atoms with Gasteiger partial charge in [0.05, 0.1) is 18.9 Å². The highest BCUT2D eigenvalue weighted by molar-refractivity contribution is 6.01. The molecule has 7 nitrogen and oxygen atoms in total. The van der Waals surface area contributed by atoms with E-state index < -0.39 is 5.91 Å². The van der Waals surface area contributed by atoms with Crippen LogP contribution in [0.15, 0.2) is 15.1 Å². The fraction of sp³-hybridized carbons (Fsp3) is 0.417. The molecule has 0 spiro atoms. The van der Waals surface area contributed by atoms with Crippen molar-refractivity contribution in [2.24, 2.45) is 0 Å². The molecule has 1 amide bonds. The van der Waals surface area contributed by atoms with Crippen molar-refractivity contribution < 1.29 is 18.6 Å². The van der Waals surface area contributed by atoms with Crippen molar-refractivity contribution in [1.82, 2.24) is 10.3 Å². The Kier molecular flexibility index (Phi) is 2.94. The van der Waals surface area contributed by atoms with Gasteiger partial charge in [-0.25, -0.2) is 0 Å². The fourth-order valence-corrected chi connectivity index (χ4v) is 2.12. The van der Waals surface area contributed by atoms with Gasteiger partial charge in [-0.3, -0.25) is 10.1 Å². The average Bonchev–Trinajstić information content (AvgIpc) is 3.06. The van der Waals surface area contributed by atoms with E-state index in [1.165, 1.54) is 13.2 Å². The predicted molar refractivity (Wildman–Crippen MR) is 64.2 cm³/mol. The summed E-state index contributed by atoms with van der Waals surface area (Å²) in [5.74, 6) is 0.290. The van der Waals surface area contributed by atoms with Gasteiger partial charge in [0.2, 0.25) is 11.6 Å². The normalized spacial score (nSPS) is 13.9. The molecular weight excluding hydrogens is 250 g/mol. The van der Waals surface area contributed by atoms with Crippen LogP contribution in [0.25, 0.3) is 0 Å². The lowest BCUT2D eigenvalue weighted by molar-refractivity contribution is 0.0984. The maximum Gasteiger partial charge on any atom is 0.296 e. The van der Waals surface area contributed by atoms with E-state index in [0.717, 1.165) is 36.9 Å². The standard InChI is InChI=1S/C12H13N3O4/c1-17-10-6-9(18-15-10)11(16)13-12-7-4-2-3-5-8(7)14-19-12/h6H,2-5H2,1H3,(H,13,16). The molecule has 0 radical (unpaired) electrons. The maximum atomic E-state index is 11.9. The summed E-state index contributed by atoms with van der Waals surface area (Å²) in [5, 5.41) is 10.2. The molecule has 2 aromatic rings. The number of ether oxygens (including phenoxy) is 1. The van der Waals surface area contributed by atoms with E-state index in [4.69, 9.17) is 13.8 Å². The maximum absolute atomic E-state index is 11.9. The fourth-order valence-electron chi connectivity index (χ4n) is 2.12. The second-order valence-corrected chi connectivity index (χ2v) is 4.33. The first kappa shape index (κ1) is 11.8. The molecule has 3 rings (SSSR count). The second kappa shape index (κ2) is 4.75. The highest BCUT2D eigenvalue weighted by atomic mass is 16.5. The second-order valence-electron chi connectivity index (χ2n) is 4.33. The van der Waals surface area contributed by atoms with Crippen LogP contribution in [0.2, 0.25) is 0 Å². The highest BCUT2D eigenvalue weighted by Crippen LogP contribution is 2.28. The third-order valence-corrected chi connectivity index (χ3v) is 3.11. The van der Waals surface area contributed by atoms with Gasteiger partial charge < -0.3 is 13.8 Å². The molecule has 2 aromatic heterocycles. The Morgan fingerprint density at radius 3 is 2.95 bits per heavy atom. The Morgan fingerprint density at radius 1 is 1.32 bits per heavy atom. The molecule has 0 saturated carbocycles. The van der Waals surface area contributed by atoms with Gasteiger partial charge in [0, 0.05) is 5.56 Å². The van der Waals surface area contributed by atoms with Gasteiger partial charge >= 0.3 is 0 Å². The van der Waals surface area contributed by atoms with E-state index in [0.29, 0.717) is 5.88 Å². The van der Waals surface area contributed by atoms with Crippen molar-refractivity contribution >= 4 is 11.8 Å². The number of rotatable bonds is 3. The minimum Gasteiger partial charge on any atom is -0.479 e. The topological polar surface area (TPSA) is 90.4 Å². The number of carbonyl (C=O) groups excluding carboxylic acids is 1. The Balaban J connectivity index is 1.77. The highest BCUT2D eigenvalue weighted by Gasteiger charge is 2.22. The van der Waals surface area contributed by atoms with E-state index in [2.05, 4.69) is 15.6 Å². The number of aryl methyl sites for hydroxylation is 1. The Bertz CT molecular complexity index is 602. The van der Waals surface area contributed by atoms with Gasteiger partial charge in [0.1, 0.15) is 0 Å². The largest absolute Gasteiger partial charge is 0.479 e. The van der Waals surface area contributed by atoms with E-state index in [-0.39, 0.29) is 11.6 Å². The lowest BCUT2D eigenvalue weighted by atomic mass is 9.98. The van der Waals surface area contributed by atoms with Gasteiger partial charge in [-0.05, 0) is 30.8 Å². The van der Waals surface area contributed by atoms with Crippen molar-refractivity contribution in [2.45, 2.75) is 25.7 Å². The molecule has 0 aliphatic heterocycles. The van der Waals surface area contributed by atoms with E-state index in [1.807, 2.05) is 0 Å². The summed E-state index contributed by atoms with van der Waals surface area (Å²) < 4.78 is 14.9. The van der Waals surface area contributed by atoms with Crippen molar-refractivity contribution in [1.29, 1.82) is 0 Å². The molecule has 2 heterocycles. The Hall–Kier alpha value is -2.31. The van der Waals surface area contributed by atoms with Crippen LogP contribution in [-0.2, 0) is 12.8 Å². The third-order valence-electron chi connectivity index (χ3n) is 3.11. The number of amides is 1. The Morgan fingerprint density at radius 2 is 2.16 bits per heavy atom. The minimum atomic E-state index is -0.430. The number of anilines is 1. The quantitative estimate of drug-likeness (QED) is 0.908. The zero-order valence-corrected chi connectivity index (χ0v) is 10.4. The number of nitrogens with one attached hydrogen (secondary N) is 1. The molecular formula is C12H13N3O4. The van der Waals surface area contributed by atoms with Crippen LogP contribution in [0.1, 0.15) is 34.7 Å². The molecule has 100 valence electrons. The summed E-state index contributed by atoms with van der Waals surface area (Å²) in [6, 6.07) is 1.41. The number of hydrogen-bond donors (Lipinski definition) is 1. The zero-order valence-electron chi connectivity index (χ0n) is 10.4. The lowest BCUT2D eigenvalue weighted by Crippen LogP contribution is -2.12. The summed E-state index contributed by atoms with van der Waals surface area (Å²) in [5.41, 5.74) is 1.91. The smallest absolute Gasteiger partial charge is 0.296 e. The van der Waals surface area contributed by atoms with Gasteiger partial charge in [0.25, 0.3) is 11.8 Å². The SMILES string of the molecule is COc1cc(C(=O)Nc2onc3c2CCCC3)on1. The molecule has 1 aliphatic rings. The van der Waals surface area contributed by atoms with Crippen LogP contribution in [-0.4, -0.2) is 23.3 Å². The third kappa shape index (κ3) is 2.18. The summed E-state index contributed by atoms with van der Waals surface area (Å²) in [6.45, 7) is 0. The van der Waals surface area contributed by atoms with Crippen molar-refractivity contribution in [3.63, 3.8) is 0 Å². The first-order valence-electron chi connectivity index (χ1n) is 6.07. The monoisotopic (exact) mass is 263 g/mol. The molecule has 0 aromatic carbocycles. The molecule has 0 fully saturated rings. The number of hydrogen-bond acceptors (Lipinski definition) is 6. The number of aromatic nitrogens is 2. The molecule has 0 bridgehead atoms. The van der Waals surface area contributed by atoms with Crippen LogP contribution in [0.4, 0.5) is 5.88 Å².